The van der Waals surface area contributed by atoms with E-state index in [1.54, 1.807) is 31.6 Å². The van der Waals surface area contributed by atoms with Crippen molar-refractivity contribution in [3.05, 3.63) is 87.6 Å². The second kappa shape index (κ2) is 10.4. The molecular formula is C27H25N5O4S. The second-order valence-electron chi connectivity index (χ2n) is 8.96. The minimum Gasteiger partial charge on any atom is -0.447 e. The van der Waals surface area contributed by atoms with Crippen molar-refractivity contribution in [3.8, 4) is 11.3 Å². The van der Waals surface area contributed by atoms with Crippen molar-refractivity contribution >= 4 is 34.9 Å². The molecule has 1 aromatic carbocycles. The van der Waals surface area contributed by atoms with Crippen LogP contribution in [0.5, 0.6) is 0 Å². The molecule has 9 nitrogen and oxygen atoms in total. The number of aromatic amines is 1. The van der Waals surface area contributed by atoms with E-state index < -0.39 is 6.09 Å². The highest BCUT2D eigenvalue weighted by molar-refractivity contribution is 7.11. The van der Waals surface area contributed by atoms with Crippen LogP contribution in [-0.4, -0.2) is 50.3 Å². The van der Waals surface area contributed by atoms with E-state index >= 15 is 0 Å². The predicted molar refractivity (Wildman–Crippen MR) is 140 cm³/mol. The molecule has 4 aromatic rings. The van der Waals surface area contributed by atoms with Crippen LogP contribution in [0.3, 0.4) is 0 Å². The molecule has 0 saturated heterocycles. The third-order valence-electron chi connectivity index (χ3n) is 5.91. The van der Waals surface area contributed by atoms with E-state index in [4.69, 9.17) is 4.74 Å². The molecule has 0 atom stereocenters. The number of ether oxygens (including phenoxy) is 1. The topological polar surface area (TPSA) is 117 Å². The zero-order valence-electron chi connectivity index (χ0n) is 20.4. The molecule has 0 saturated carbocycles. The van der Waals surface area contributed by atoms with Gasteiger partial charge in [-0.3, -0.25) is 19.5 Å². The molecule has 0 bridgehead atoms. The molecule has 1 aliphatic rings. The molecule has 37 heavy (non-hydrogen) atoms. The fourth-order valence-electron chi connectivity index (χ4n) is 4.34. The van der Waals surface area contributed by atoms with Crippen LogP contribution in [-0.2, 0) is 17.7 Å². The quantitative estimate of drug-likeness (QED) is 0.376. The number of nitrogens with one attached hydrogen (secondary N) is 2. The Bertz CT molecular complexity index is 1450. The van der Waals surface area contributed by atoms with E-state index in [-0.39, 0.29) is 30.9 Å². The van der Waals surface area contributed by atoms with Gasteiger partial charge in [0.2, 0.25) is 0 Å². The van der Waals surface area contributed by atoms with Gasteiger partial charge in [-0.15, -0.1) is 11.3 Å². The smallest absolute Gasteiger partial charge is 0.410 e. The van der Waals surface area contributed by atoms with Gasteiger partial charge in [-0.2, -0.15) is 0 Å². The molecule has 0 fully saturated rings. The van der Waals surface area contributed by atoms with E-state index in [1.807, 2.05) is 36.4 Å². The molecule has 0 spiro atoms. The summed E-state index contributed by atoms with van der Waals surface area (Å²) < 4.78 is 5.32. The summed E-state index contributed by atoms with van der Waals surface area (Å²) in [5.74, 6) is -0.0670. The normalized spacial score (nSPS) is 12.9. The van der Waals surface area contributed by atoms with Crippen molar-refractivity contribution in [2.75, 3.05) is 11.9 Å². The number of hydrogen-bond acceptors (Lipinski definition) is 7. The number of H-pyrrole nitrogens is 1. The van der Waals surface area contributed by atoms with Gasteiger partial charge in [-0.1, -0.05) is 30.3 Å². The summed E-state index contributed by atoms with van der Waals surface area (Å²) >= 11 is 1.24. The lowest BCUT2D eigenvalue weighted by Crippen LogP contribution is -2.40. The molecule has 0 aliphatic carbocycles. The summed E-state index contributed by atoms with van der Waals surface area (Å²) in [6.45, 7) is 3.72. The lowest BCUT2D eigenvalue weighted by atomic mass is 9.94. The highest BCUT2D eigenvalue weighted by Gasteiger charge is 2.33. The van der Waals surface area contributed by atoms with Gasteiger partial charge >= 0.3 is 6.09 Å². The summed E-state index contributed by atoms with van der Waals surface area (Å²) in [5, 5.41) is 2.80. The first kappa shape index (κ1) is 24.4. The van der Waals surface area contributed by atoms with Crippen molar-refractivity contribution in [1.29, 1.82) is 0 Å². The van der Waals surface area contributed by atoms with Gasteiger partial charge in [-0.05, 0) is 37.1 Å². The van der Waals surface area contributed by atoms with Gasteiger partial charge in [0.05, 0.1) is 36.6 Å². The maximum Gasteiger partial charge on any atom is 0.410 e. The van der Waals surface area contributed by atoms with Crippen LogP contribution in [0.4, 0.5) is 10.6 Å². The minimum absolute atomic E-state index is 0.0515. The third-order valence-corrected chi connectivity index (χ3v) is 6.68. The van der Waals surface area contributed by atoms with E-state index in [0.717, 1.165) is 22.4 Å². The molecule has 2 amide bonds. The lowest BCUT2D eigenvalue weighted by molar-refractivity contribution is 0.0646. The number of carbonyl (C=O) groups is 3. The summed E-state index contributed by atoms with van der Waals surface area (Å²) in [5.41, 5.74) is 6.25. The zero-order chi connectivity index (χ0) is 25.9. The monoisotopic (exact) mass is 515 g/mol. The van der Waals surface area contributed by atoms with Gasteiger partial charge in [-0.25, -0.2) is 9.78 Å². The van der Waals surface area contributed by atoms with Crippen molar-refractivity contribution in [1.82, 2.24) is 19.9 Å². The number of hydrogen-bond donors (Lipinski definition) is 2. The Morgan fingerprint density at radius 2 is 2.00 bits per heavy atom. The van der Waals surface area contributed by atoms with Crippen molar-refractivity contribution in [2.45, 2.75) is 32.9 Å². The number of nitrogens with zero attached hydrogens (tertiary/aromatic N) is 3. The van der Waals surface area contributed by atoms with Crippen LogP contribution in [0.2, 0.25) is 0 Å². The Morgan fingerprint density at radius 1 is 1.19 bits per heavy atom. The highest BCUT2D eigenvalue weighted by Crippen LogP contribution is 2.34. The van der Waals surface area contributed by atoms with Crippen molar-refractivity contribution < 1.29 is 19.1 Å². The highest BCUT2D eigenvalue weighted by atomic mass is 32.1. The Balaban J connectivity index is 1.52. The lowest BCUT2D eigenvalue weighted by Gasteiger charge is -2.26. The van der Waals surface area contributed by atoms with Crippen LogP contribution in [0.15, 0.2) is 60.4 Å². The number of carbonyl (C=O) groups excluding carboxylic acids is 3. The molecule has 0 unspecified atom stereocenters. The average Bonchev–Trinajstić information content (AvgIpc) is 3.53. The van der Waals surface area contributed by atoms with Gasteiger partial charge < -0.3 is 15.0 Å². The number of fused-ring (bicyclic) bond motifs is 1. The molecule has 1 aliphatic heterocycles. The molecule has 188 valence electrons. The first-order valence-electron chi connectivity index (χ1n) is 11.8. The first-order chi connectivity index (χ1) is 17.9. The Morgan fingerprint density at radius 3 is 2.73 bits per heavy atom. The molecular weight excluding hydrogens is 490 g/mol. The molecule has 5 rings (SSSR count). The molecule has 3 aromatic heterocycles. The van der Waals surface area contributed by atoms with Crippen LogP contribution >= 0.6 is 11.3 Å². The Kier molecular flexibility index (Phi) is 6.82. The van der Waals surface area contributed by atoms with Crippen molar-refractivity contribution in [2.24, 2.45) is 0 Å². The largest absolute Gasteiger partial charge is 0.447 e. The summed E-state index contributed by atoms with van der Waals surface area (Å²) in [7, 11) is 0. The maximum absolute atomic E-state index is 13.3. The van der Waals surface area contributed by atoms with Gasteiger partial charge in [0.1, 0.15) is 10.7 Å². The molecule has 4 heterocycles. The average molecular weight is 516 g/mol. The number of ketones is 1. The van der Waals surface area contributed by atoms with Gasteiger partial charge in [0, 0.05) is 29.4 Å². The third kappa shape index (κ3) is 5.29. The summed E-state index contributed by atoms with van der Waals surface area (Å²) in [4.78, 5) is 51.9. The number of benzene rings is 1. The number of anilines is 1. The summed E-state index contributed by atoms with van der Waals surface area (Å²) in [6, 6.07) is 13.5. The van der Waals surface area contributed by atoms with Crippen LogP contribution < -0.4 is 5.32 Å². The second-order valence-corrected chi connectivity index (χ2v) is 9.84. The first-order valence-corrected chi connectivity index (χ1v) is 12.7. The van der Waals surface area contributed by atoms with Crippen LogP contribution in [0.1, 0.15) is 50.7 Å². The van der Waals surface area contributed by atoms with Crippen LogP contribution in [0.25, 0.3) is 11.3 Å². The number of rotatable bonds is 6. The van der Waals surface area contributed by atoms with E-state index in [0.29, 0.717) is 28.4 Å². The fourth-order valence-corrected chi connectivity index (χ4v) is 4.85. The Hall–Kier alpha value is -4.31. The molecule has 2 N–H and O–H groups in total. The standard InChI is InChI=1S/C27H25N5O4S/c1-16(2)36-27(35)32-13-20-24(21(33)14-32)19(10-17-6-4-3-5-7-17)25(30-20)18-8-9-29-23(11-18)31-26(34)22-12-28-15-37-22/h3-9,11-12,15-16,30H,10,13-14H2,1-2H3,(H,29,31,34). The van der Waals surface area contributed by atoms with Gasteiger partial charge in [0.15, 0.2) is 5.78 Å². The minimum atomic E-state index is -0.522. The number of thiazole rings is 1. The summed E-state index contributed by atoms with van der Waals surface area (Å²) in [6.07, 6.45) is 2.83. The van der Waals surface area contributed by atoms with E-state index in [1.165, 1.54) is 22.4 Å². The van der Waals surface area contributed by atoms with E-state index in [9.17, 15) is 14.4 Å². The number of pyridine rings is 1. The Labute approximate surface area is 217 Å². The van der Waals surface area contributed by atoms with E-state index in [2.05, 4.69) is 20.3 Å². The number of Topliss-reactive ketones (excluding diaryl/α,β-unsaturated/α-hetero) is 1. The van der Waals surface area contributed by atoms with Crippen molar-refractivity contribution in [3.63, 3.8) is 0 Å². The fraction of sp³-hybridized carbons (Fsp3) is 0.222. The number of aromatic nitrogens is 3. The maximum atomic E-state index is 13.3. The molecule has 10 heteroatoms. The zero-order valence-corrected chi connectivity index (χ0v) is 21.2. The van der Waals surface area contributed by atoms with Crippen LogP contribution in [0, 0.1) is 0 Å². The predicted octanol–water partition coefficient (Wildman–Crippen LogP) is 4.92. The van der Waals surface area contributed by atoms with Gasteiger partial charge in [0.25, 0.3) is 5.91 Å². The molecule has 0 radical (unpaired) electrons. The number of amides is 2. The SMILES string of the molecule is CC(C)OC(=O)N1CC(=O)c2c([nH]c(-c3ccnc(NC(=O)c4cncs4)c3)c2Cc2ccccc2)C1.